The Morgan fingerprint density at radius 3 is 2.46 bits per heavy atom. The van der Waals surface area contributed by atoms with Crippen molar-refractivity contribution in [2.45, 2.75) is 57.3 Å². The van der Waals surface area contributed by atoms with Crippen molar-refractivity contribution in [3.8, 4) is 0 Å². The number of nitrogens with one attached hydrogen (secondary N) is 1. The standard InChI is InChI=1S/C16H25F3N2O6S/c1-3-4-9-27-14(23)11(7-10-28(2,25)26)20-13(22)12-6-5-8-21(12)15(24)16(17,18)19/h11-12H,3-10H2,1-2H3,(H,20,22)/t11-,12-/m0/s1. The van der Waals surface area contributed by atoms with E-state index in [4.69, 9.17) is 4.74 Å². The zero-order valence-corrected chi connectivity index (χ0v) is 16.6. The third-order valence-corrected chi connectivity index (χ3v) is 5.16. The number of amides is 2. The van der Waals surface area contributed by atoms with Gasteiger partial charge in [0.15, 0.2) is 0 Å². The normalized spacial score (nSPS) is 18.6. The van der Waals surface area contributed by atoms with Gasteiger partial charge in [0.25, 0.3) is 0 Å². The summed E-state index contributed by atoms with van der Waals surface area (Å²) in [5, 5.41) is 2.26. The molecule has 2 amide bonds. The van der Waals surface area contributed by atoms with Gasteiger partial charge in [-0.3, -0.25) is 9.59 Å². The highest BCUT2D eigenvalue weighted by molar-refractivity contribution is 7.90. The minimum atomic E-state index is -5.11. The minimum absolute atomic E-state index is 0.0112. The lowest BCUT2D eigenvalue weighted by Crippen LogP contribution is -2.53. The molecule has 1 rings (SSSR count). The van der Waals surface area contributed by atoms with Crippen LogP contribution in [-0.2, 0) is 29.0 Å². The van der Waals surface area contributed by atoms with Crippen molar-refractivity contribution in [2.24, 2.45) is 0 Å². The number of halogens is 3. The number of likely N-dealkylation sites (tertiary alicyclic amines) is 1. The molecule has 0 unspecified atom stereocenters. The van der Waals surface area contributed by atoms with E-state index in [0.29, 0.717) is 11.3 Å². The van der Waals surface area contributed by atoms with E-state index in [-0.39, 0.29) is 32.4 Å². The number of esters is 1. The van der Waals surface area contributed by atoms with Crippen LogP contribution in [0.1, 0.15) is 39.0 Å². The first-order valence-electron chi connectivity index (χ1n) is 8.89. The minimum Gasteiger partial charge on any atom is -0.464 e. The number of hydrogen-bond donors (Lipinski definition) is 1. The van der Waals surface area contributed by atoms with Gasteiger partial charge in [-0.2, -0.15) is 13.2 Å². The third-order valence-electron chi connectivity index (χ3n) is 4.18. The molecule has 1 aliphatic rings. The van der Waals surface area contributed by atoms with E-state index in [2.05, 4.69) is 5.32 Å². The van der Waals surface area contributed by atoms with Crippen LogP contribution in [0.4, 0.5) is 13.2 Å². The summed E-state index contributed by atoms with van der Waals surface area (Å²) in [6.07, 6.45) is -2.92. The van der Waals surface area contributed by atoms with E-state index in [1.807, 2.05) is 6.92 Å². The number of unbranched alkanes of at least 4 members (excludes halogenated alkanes) is 1. The number of rotatable bonds is 9. The molecule has 1 aliphatic heterocycles. The lowest BCUT2D eigenvalue weighted by atomic mass is 10.1. The fraction of sp³-hybridized carbons (Fsp3) is 0.812. The van der Waals surface area contributed by atoms with E-state index in [1.54, 1.807) is 0 Å². The van der Waals surface area contributed by atoms with E-state index in [0.717, 1.165) is 12.7 Å². The Kier molecular flexibility index (Phi) is 8.71. The van der Waals surface area contributed by atoms with E-state index in [9.17, 15) is 36.0 Å². The molecule has 8 nitrogen and oxygen atoms in total. The zero-order valence-electron chi connectivity index (χ0n) is 15.8. The summed E-state index contributed by atoms with van der Waals surface area (Å²) in [5.74, 6) is -4.35. The molecule has 162 valence electrons. The summed E-state index contributed by atoms with van der Waals surface area (Å²) in [6.45, 7) is 1.71. The second kappa shape index (κ2) is 10.1. The van der Waals surface area contributed by atoms with Crippen molar-refractivity contribution in [3.63, 3.8) is 0 Å². The van der Waals surface area contributed by atoms with Gasteiger partial charge >= 0.3 is 18.1 Å². The first-order valence-corrected chi connectivity index (χ1v) is 11.0. The number of carbonyl (C=O) groups is 3. The monoisotopic (exact) mass is 430 g/mol. The number of sulfone groups is 1. The smallest absolute Gasteiger partial charge is 0.464 e. The Labute approximate surface area is 161 Å². The van der Waals surface area contributed by atoms with Crippen molar-refractivity contribution in [1.82, 2.24) is 10.2 Å². The average molecular weight is 430 g/mol. The Morgan fingerprint density at radius 1 is 1.29 bits per heavy atom. The molecule has 1 N–H and O–H groups in total. The molecule has 0 aromatic carbocycles. The van der Waals surface area contributed by atoms with Gasteiger partial charge in [-0.15, -0.1) is 0 Å². The summed E-state index contributed by atoms with van der Waals surface area (Å²) in [7, 11) is -3.45. The van der Waals surface area contributed by atoms with Crippen LogP contribution in [0.3, 0.4) is 0 Å². The largest absolute Gasteiger partial charge is 0.471 e. The second-order valence-corrected chi connectivity index (χ2v) is 8.91. The summed E-state index contributed by atoms with van der Waals surface area (Å²) in [5.41, 5.74) is 0. The van der Waals surface area contributed by atoms with Crippen molar-refractivity contribution in [1.29, 1.82) is 0 Å². The quantitative estimate of drug-likeness (QED) is 0.428. The molecule has 28 heavy (non-hydrogen) atoms. The number of hydrogen-bond acceptors (Lipinski definition) is 6. The first-order chi connectivity index (χ1) is 12.9. The van der Waals surface area contributed by atoms with Gasteiger partial charge < -0.3 is 15.0 Å². The summed E-state index contributed by atoms with van der Waals surface area (Å²) in [4.78, 5) is 36.5. The van der Waals surface area contributed by atoms with Gasteiger partial charge in [-0.05, 0) is 25.7 Å². The van der Waals surface area contributed by atoms with E-state index >= 15 is 0 Å². The van der Waals surface area contributed by atoms with Crippen LogP contribution in [-0.4, -0.2) is 74.5 Å². The van der Waals surface area contributed by atoms with Crippen LogP contribution in [0.15, 0.2) is 0 Å². The molecule has 12 heteroatoms. The molecular formula is C16H25F3N2O6S. The van der Waals surface area contributed by atoms with Gasteiger partial charge in [0.05, 0.1) is 12.4 Å². The molecule has 1 saturated heterocycles. The van der Waals surface area contributed by atoms with E-state index < -0.39 is 51.6 Å². The van der Waals surface area contributed by atoms with E-state index in [1.165, 1.54) is 0 Å². The molecule has 0 aromatic heterocycles. The summed E-state index contributed by atoms with van der Waals surface area (Å²) < 4.78 is 65.8. The summed E-state index contributed by atoms with van der Waals surface area (Å²) in [6, 6.07) is -2.71. The number of nitrogens with zero attached hydrogens (tertiary/aromatic N) is 1. The summed E-state index contributed by atoms with van der Waals surface area (Å²) >= 11 is 0. The van der Waals surface area contributed by atoms with Crippen LogP contribution in [0.5, 0.6) is 0 Å². The lowest BCUT2D eigenvalue weighted by molar-refractivity contribution is -0.186. The predicted molar refractivity (Wildman–Crippen MR) is 92.9 cm³/mol. The maximum absolute atomic E-state index is 12.7. The SMILES string of the molecule is CCCCOC(=O)[C@H](CCS(C)(=O)=O)NC(=O)[C@@H]1CCCN1C(=O)C(F)(F)F. The molecule has 0 radical (unpaired) electrons. The zero-order chi connectivity index (χ0) is 21.5. The topological polar surface area (TPSA) is 110 Å². The van der Waals surface area contributed by atoms with Crippen molar-refractivity contribution >= 4 is 27.6 Å². The van der Waals surface area contributed by atoms with Crippen LogP contribution in [0.2, 0.25) is 0 Å². The van der Waals surface area contributed by atoms with Crippen LogP contribution in [0.25, 0.3) is 0 Å². The van der Waals surface area contributed by atoms with Gasteiger partial charge in [0.2, 0.25) is 5.91 Å². The number of ether oxygens (including phenoxy) is 1. The van der Waals surface area contributed by atoms with Crippen LogP contribution in [0, 0.1) is 0 Å². The fourth-order valence-corrected chi connectivity index (χ4v) is 3.38. The van der Waals surface area contributed by atoms with Gasteiger partial charge in [0, 0.05) is 12.8 Å². The van der Waals surface area contributed by atoms with Crippen molar-refractivity contribution in [2.75, 3.05) is 25.2 Å². The van der Waals surface area contributed by atoms with Crippen LogP contribution < -0.4 is 5.32 Å². The van der Waals surface area contributed by atoms with Gasteiger partial charge in [-0.25, -0.2) is 13.2 Å². The number of alkyl halides is 3. The lowest BCUT2D eigenvalue weighted by Gasteiger charge is -2.26. The van der Waals surface area contributed by atoms with Gasteiger partial charge in [-0.1, -0.05) is 13.3 Å². The molecule has 0 saturated carbocycles. The highest BCUT2D eigenvalue weighted by atomic mass is 32.2. The molecule has 0 aromatic rings. The van der Waals surface area contributed by atoms with Gasteiger partial charge in [0.1, 0.15) is 21.9 Å². The van der Waals surface area contributed by atoms with Crippen LogP contribution >= 0.6 is 0 Å². The predicted octanol–water partition coefficient (Wildman–Crippen LogP) is 0.803. The molecular weight excluding hydrogens is 405 g/mol. The molecule has 0 aliphatic carbocycles. The highest BCUT2D eigenvalue weighted by Crippen LogP contribution is 2.25. The fourth-order valence-electron chi connectivity index (χ4n) is 2.71. The Morgan fingerprint density at radius 2 is 1.93 bits per heavy atom. The van der Waals surface area contributed by atoms with Crippen molar-refractivity contribution in [3.05, 3.63) is 0 Å². The Hall–Kier alpha value is -1.85. The first kappa shape index (κ1) is 24.2. The maximum Gasteiger partial charge on any atom is 0.471 e. The third kappa shape index (κ3) is 7.64. The number of carbonyl (C=O) groups excluding carboxylic acids is 3. The molecule has 1 fully saturated rings. The highest BCUT2D eigenvalue weighted by Gasteiger charge is 2.48. The Bertz CT molecular complexity index is 680. The molecule has 0 spiro atoms. The maximum atomic E-state index is 12.7. The van der Waals surface area contributed by atoms with Crippen molar-refractivity contribution < 1.29 is 40.7 Å². The Balaban J connectivity index is 2.85. The second-order valence-electron chi connectivity index (χ2n) is 6.66. The molecule has 2 atom stereocenters. The molecule has 1 heterocycles. The molecule has 0 bridgehead atoms. The average Bonchev–Trinajstić information content (AvgIpc) is 3.05.